The monoisotopic (exact) mass is 385 g/mol. The SMILES string of the molecule is O=C(NC1=NCCS1)c1ccc(CSc2nc3ccccc3s2)cc1. The van der Waals surface area contributed by atoms with Crippen LogP contribution in [0.5, 0.6) is 0 Å². The molecule has 4 rings (SSSR count). The topological polar surface area (TPSA) is 54.4 Å². The van der Waals surface area contributed by atoms with Gasteiger partial charge in [-0.05, 0) is 29.8 Å². The van der Waals surface area contributed by atoms with Gasteiger partial charge in [0.2, 0.25) is 0 Å². The molecule has 126 valence electrons. The van der Waals surface area contributed by atoms with E-state index < -0.39 is 0 Å². The van der Waals surface area contributed by atoms with E-state index in [0.717, 1.165) is 33.1 Å². The minimum atomic E-state index is -0.0986. The number of fused-ring (bicyclic) bond motifs is 1. The predicted molar refractivity (Wildman–Crippen MR) is 108 cm³/mol. The summed E-state index contributed by atoms with van der Waals surface area (Å²) >= 11 is 5.02. The molecule has 1 N–H and O–H groups in total. The van der Waals surface area contributed by atoms with Gasteiger partial charge in [-0.1, -0.05) is 47.8 Å². The maximum Gasteiger partial charge on any atom is 0.257 e. The van der Waals surface area contributed by atoms with Gasteiger partial charge in [-0.3, -0.25) is 9.79 Å². The molecule has 0 spiro atoms. The van der Waals surface area contributed by atoms with Crippen LogP contribution in [0.15, 0.2) is 57.9 Å². The number of aliphatic imine (C=N–C) groups is 1. The van der Waals surface area contributed by atoms with Crippen molar-refractivity contribution in [2.24, 2.45) is 4.99 Å². The third-order valence-electron chi connectivity index (χ3n) is 3.66. The van der Waals surface area contributed by atoms with Gasteiger partial charge in [-0.15, -0.1) is 11.3 Å². The maximum absolute atomic E-state index is 12.2. The first-order valence-electron chi connectivity index (χ1n) is 7.84. The quantitative estimate of drug-likeness (QED) is 0.676. The number of carbonyl (C=O) groups excluding carboxylic acids is 1. The van der Waals surface area contributed by atoms with Gasteiger partial charge in [0.1, 0.15) is 0 Å². The molecule has 1 aromatic heterocycles. The number of benzene rings is 2. The Morgan fingerprint density at radius 2 is 2.00 bits per heavy atom. The third-order valence-corrected chi connectivity index (χ3v) is 6.80. The van der Waals surface area contributed by atoms with Gasteiger partial charge in [0.05, 0.1) is 16.8 Å². The van der Waals surface area contributed by atoms with Gasteiger partial charge < -0.3 is 5.32 Å². The number of amides is 1. The number of nitrogens with one attached hydrogen (secondary N) is 1. The van der Waals surface area contributed by atoms with Crippen molar-refractivity contribution in [1.29, 1.82) is 0 Å². The fourth-order valence-corrected chi connectivity index (χ4v) is 5.14. The number of rotatable bonds is 4. The van der Waals surface area contributed by atoms with Crippen molar-refractivity contribution >= 4 is 56.2 Å². The fraction of sp³-hybridized carbons (Fsp3) is 0.167. The second kappa shape index (κ2) is 7.59. The first-order valence-corrected chi connectivity index (χ1v) is 10.6. The molecule has 7 heteroatoms. The van der Waals surface area contributed by atoms with Crippen LogP contribution in [-0.4, -0.2) is 28.4 Å². The van der Waals surface area contributed by atoms with E-state index in [2.05, 4.69) is 21.4 Å². The number of amidine groups is 1. The molecular formula is C18H15N3OS3. The Bertz CT molecular complexity index is 901. The molecule has 3 aromatic rings. The van der Waals surface area contributed by atoms with E-state index in [1.165, 1.54) is 10.3 Å². The minimum absolute atomic E-state index is 0.0986. The lowest BCUT2D eigenvalue weighted by atomic mass is 10.1. The number of hydrogen-bond acceptors (Lipinski definition) is 6. The van der Waals surface area contributed by atoms with Crippen LogP contribution in [-0.2, 0) is 5.75 Å². The van der Waals surface area contributed by atoms with Crippen molar-refractivity contribution in [2.75, 3.05) is 12.3 Å². The lowest BCUT2D eigenvalue weighted by molar-refractivity contribution is 0.0978. The number of thioether (sulfide) groups is 2. The molecule has 2 aromatic carbocycles. The predicted octanol–water partition coefficient (Wildman–Crippen LogP) is 4.42. The van der Waals surface area contributed by atoms with Crippen LogP contribution in [0.2, 0.25) is 0 Å². The third kappa shape index (κ3) is 4.05. The summed E-state index contributed by atoms with van der Waals surface area (Å²) in [5.74, 6) is 1.68. The first kappa shape index (κ1) is 16.6. The summed E-state index contributed by atoms with van der Waals surface area (Å²) < 4.78 is 2.28. The molecule has 0 saturated carbocycles. The minimum Gasteiger partial charge on any atom is -0.301 e. The number of carbonyl (C=O) groups is 1. The summed E-state index contributed by atoms with van der Waals surface area (Å²) in [4.78, 5) is 21.0. The van der Waals surface area contributed by atoms with Crippen LogP contribution < -0.4 is 5.32 Å². The van der Waals surface area contributed by atoms with Crippen molar-refractivity contribution < 1.29 is 4.79 Å². The van der Waals surface area contributed by atoms with Crippen molar-refractivity contribution in [3.05, 3.63) is 59.7 Å². The van der Waals surface area contributed by atoms with Crippen molar-refractivity contribution in [1.82, 2.24) is 10.3 Å². The molecule has 4 nitrogen and oxygen atoms in total. The zero-order chi connectivity index (χ0) is 17.1. The average molecular weight is 386 g/mol. The highest BCUT2D eigenvalue weighted by Crippen LogP contribution is 2.31. The van der Waals surface area contributed by atoms with Crippen LogP contribution in [0, 0.1) is 0 Å². The number of nitrogens with zero attached hydrogens (tertiary/aromatic N) is 2. The molecule has 0 saturated heterocycles. The summed E-state index contributed by atoms with van der Waals surface area (Å²) in [5.41, 5.74) is 2.88. The maximum atomic E-state index is 12.2. The largest absolute Gasteiger partial charge is 0.301 e. The van der Waals surface area contributed by atoms with E-state index in [-0.39, 0.29) is 5.91 Å². The van der Waals surface area contributed by atoms with Gasteiger partial charge >= 0.3 is 0 Å². The van der Waals surface area contributed by atoms with Crippen LogP contribution >= 0.6 is 34.9 Å². The lowest BCUT2D eigenvalue weighted by Gasteiger charge is -2.05. The van der Waals surface area contributed by atoms with Gasteiger partial charge in [-0.2, -0.15) is 0 Å². The van der Waals surface area contributed by atoms with E-state index >= 15 is 0 Å². The van der Waals surface area contributed by atoms with Crippen LogP contribution in [0.1, 0.15) is 15.9 Å². The molecule has 0 bridgehead atoms. The second-order valence-corrected chi connectivity index (χ2v) is 8.76. The summed E-state index contributed by atoms with van der Waals surface area (Å²) in [7, 11) is 0. The highest BCUT2D eigenvalue weighted by atomic mass is 32.2. The van der Waals surface area contributed by atoms with Gasteiger partial charge in [-0.25, -0.2) is 4.98 Å². The van der Waals surface area contributed by atoms with Crippen molar-refractivity contribution in [3.8, 4) is 0 Å². The molecule has 1 amide bonds. The van der Waals surface area contributed by atoms with E-state index in [1.54, 1.807) is 34.9 Å². The molecule has 0 aliphatic carbocycles. The molecule has 0 unspecified atom stereocenters. The summed E-state index contributed by atoms with van der Waals surface area (Å²) in [6, 6.07) is 15.9. The highest BCUT2D eigenvalue weighted by molar-refractivity contribution is 8.14. The standard InChI is InChI=1S/C18H15N3OS3/c22-16(21-17-19-9-10-23-17)13-7-5-12(6-8-13)11-24-18-20-14-3-1-2-4-15(14)25-18/h1-8H,9-11H2,(H,19,21,22). The fourth-order valence-electron chi connectivity index (χ4n) is 2.39. The number of hydrogen-bond donors (Lipinski definition) is 1. The molecule has 1 aliphatic rings. The Hall–Kier alpha value is -1.83. The molecular weight excluding hydrogens is 370 g/mol. The molecule has 2 heterocycles. The summed E-state index contributed by atoms with van der Waals surface area (Å²) in [6.45, 7) is 0.780. The summed E-state index contributed by atoms with van der Waals surface area (Å²) in [5, 5.41) is 3.57. The normalized spacial score (nSPS) is 13.8. The van der Waals surface area contributed by atoms with Gasteiger partial charge in [0.25, 0.3) is 5.91 Å². The Balaban J connectivity index is 1.37. The van der Waals surface area contributed by atoms with Crippen LogP contribution in [0.25, 0.3) is 10.2 Å². The molecule has 0 fully saturated rings. The smallest absolute Gasteiger partial charge is 0.257 e. The zero-order valence-corrected chi connectivity index (χ0v) is 15.7. The Morgan fingerprint density at radius 3 is 2.76 bits per heavy atom. The molecule has 0 radical (unpaired) electrons. The van der Waals surface area contributed by atoms with Crippen molar-refractivity contribution in [2.45, 2.75) is 10.1 Å². The number of aromatic nitrogens is 1. The lowest BCUT2D eigenvalue weighted by Crippen LogP contribution is -2.27. The number of para-hydroxylation sites is 1. The van der Waals surface area contributed by atoms with E-state index in [9.17, 15) is 4.79 Å². The zero-order valence-electron chi connectivity index (χ0n) is 13.3. The molecule has 25 heavy (non-hydrogen) atoms. The van der Waals surface area contributed by atoms with E-state index in [1.807, 2.05) is 42.5 Å². The Kier molecular flexibility index (Phi) is 5.05. The average Bonchev–Trinajstić information content (AvgIpc) is 3.29. The second-order valence-electron chi connectivity index (χ2n) is 5.42. The Labute approximate surface area is 158 Å². The van der Waals surface area contributed by atoms with E-state index in [0.29, 0.717) is 5.56 Å². The Morgan fingerprint density at radius 1 is 1.16 bits per heavy atom. The van der Waals surface area contributed by atoms with Crippen LogP contribution in [0.4, 0.5) is 0 Å². The molecule has 1 aliphatic heterocycles. The first-order chi connectivity index (χ1) is 12.3. The van der Waals surface area contributed by atoms with Gasteiger partial charge in [0.15, 0.2) is 9.51 Å². The summed E-state index contributed by atoms with van der Waals surface area (Å²) in [6.07, 6.45) is 0. The van der Waals surface area contributed by atoms with Crippen molar-refractivity contribution in [3.63, 3.8) is 0 Å². The highest BCUT2D eigenvalue weighted by Gasteiger charge is 2.12. The number of thiazole rings is 1. The van der Waals surface area contributed by atoms with E-state index in [4.69, 9.17) is 0 Å². The molecule has 0 atom stereocenters. The van der Waals surface area contributed by atoms with Crippen LogP contribution in [0.3, 0.4) is 0 Å². The van der Waals surface area contributed by atoms with Gasteiger partial charge in [0, 0.05) is 17.1 Å².